The summed E-state index contributed by atoms with van der Waals surface area (Å²) in [5, 5.41) is 13.2. The van der Waals surface area contributed by atoms with E-state index in [1.54, 1.807) is 40.7 Å². The van der Waals surface area contributed by atoms with Crippen LogP contribution in [0.5, 0.6) is 5.75 Å². The summed E-state index contributed by atoms with van der Waals surface area (Å²) in [5.41, 5.74) is 15.8. The SMILES string of the molecule is CCn1nc(C)cc1C(=O)Nc1nc2cc(C(N)=O)cnc2n1C/C=C/Cn1c2nc(-c3cc(C)nn3CC)ncc2c2cc(C(N)=O)cc(OCCOCCOCCN(C)C(=O)OC(C)(C)C)c21. The van der Waals surface area contributed by atoms with Gasteiger partial charge in [-0.25, -0.2) is 24.7 Å². The lowest BCUT2D eigenvalue weighted by atomic mass is 10.1. The Morgan fingerprint density at radius 3 is 2.12 bits per heavy atom. The van der Waals surface area contributed by atoms with Crippen molar-refractivity contribution in [1.29, 1.82) is 0 Å². The summed E-state index contributed by atoms with van der Waals surface area (Å²) in [7, 11) is 1.65. The molecule has 4 amide bonds. The molecule has 0 aliphatic carbocycles. The van der Waals surface area contributed by atoms with Crippen LogP contribution in [0.4, 0.5) is 10.7 Å². The zero-order valence-corrected chi connectivity index (χ0v) is 40.1. The predicted octanol–water partition coefficient (Wildman–Crippen LogP) is 5.03. The van der Waals surface area contributed by atoms with Crippen LogP contribution in [0.2, 0.25) is 0 Å². The third-order valence-corrected chi connectivity index (χ3v) is 10.8. The number of carbonyl (C=O) groups is 4. The van der Waals surface area contributed by atoms with Crippen LogP contribution < -0.4 is 21.5 Å². The van der Waals surface area contributed by atoms with E-state index in [0.29, 0.717) is 88.9 Å². The monoisotopic (exact) mass is 946 g/mol. The van der Waals surface area contributed by atoms with Gasteiger partial charge in [0.1, 0.15) is 40.5 Å². The molecule has 5 N–H and O–H groups in total. The maximum absolute atomic E-state index is 13.6. The van der Waals surface area contributed by atoms with Gasteiger partial charge >= 0.3 is 6.09 Å². The number of amides is 4. The fraction of sp³-hybridized carbons (Fsp3) is 0.404. The molecule has 7 aromatic rings. The summed E-state index contributed by atoms with van der Waals surface area (Å²) >= 11 is 0. The largest absolute Gasteiger partial charge is 0.489 e. The second kappa shape index (κ2) is 21.1. The number of primary amides is 2. The first-order valence-corrected chi connectivity index (χ1v) is 22.5. The van der Waals surface area contributed by atoms with E-state index in [2.05, 4.69) is 25.5 Å². The first-order valence-electron chi connectivity index (χ1n) is 22.5. The zero-order valence-electron chi connectivity index (χ0n) is 40.1. The Morgan fingerprint density at radius 1 is 0.754 bits per heavy atom. The van der Waals surface area contributed by atoms with Gasteiger partial charge in [0.05, 0.1) is 48.9 Å². The van der Waals surface area contributed by atoms with E-state index in [-0.39, 0.29) is 50.0 Å². The number of nitrogens with two attached hydrogens (primary N) is 2. The van der Waals surface area contributed by atoms with Gasteiger partial charge in [-0.3, -0.25) is 33.6 Å². The van der Waals surface area contributed by atoms with Crippen molar-refractivity contribution in [3.05, 3.63) is 83.1 Å². The summed E-state index contributed by atoms with van der Waals surface area (Å²) in [6, 6.07) is 8.45. The molecule has 0 aliphatic rings. The average molecular weight is 947 g/mol. The highest BCUT2D eigenvalue weighted by molar-refractivity contribution is 6.12. The van der Waals surface area contributed by atoms with Crippen molar-refractivity contribution in [2.24, 2.45) is 11.5 Å². The number of hydrogen-bond acceptors (Lipinski definition) is 14. The van der Waals surface area contributed by atoms with Gasteiger partial charge in [-0.15, -0.1) is 0 Å². The van der Waals surface area contributed by atoms with E-state index in [1.807, 2.05) is 75.9 Å². The average Bonchev–Trinajstić information content (AvgIpc) is 4.06. The number of allylic oxidation sites excluding steroid dienone is 2. The number of likely N-dealkylation sites (N-methyl/N-ethyl adjacent to an activating group) is 1. The molecule has 22 nitrogen and oxygen atoms in total. The number of carbonyl (C=O) groups excluding carboxylic acids is 4. The molecule has 0 saturated heterocycles. The summed E-state index contributed by atoms with van der Waals surface area (Å²) in [4.78, 5) is 71.1. The standard InChI is InChI=1S/C47H58N14O8/c1-9-60-35(21-28(3)55-60)41-50-27-33-32-23-30(39(48)62)25-37(68-20-19-67-18-17-66-16-15-57(8)46(65)69-47(5,6)7)38(32)58(42(33)53-41)13-11-12-14-59-43-34(24-31(26-51-43)40(49)63)52-45(59)54-44(64)36-22-29(4)56-61(36)10-2/h11-12,21-27H,9-10,13-20H2,1-8H3,(H2,48,62)(H2,49,63)(H,52,54,64)/b12-11+. The number of pyridine rings is 1. The maximum atomic E-state index is 13.6. The number of anilines is 1. The van der Waals surface area contributed by atoms with E-state index in [9.17, 15) is 19.2 Å². The minimum Gasteiger partial charge on any atom is -0.489 e. The molecule has 69 heavy (non-hydrogen) atoms. The van der Waals surface area contributed by atoms with E-state index in [4.69, 9.17) is 40.4 Å². The van der Waals surface area contributed by atoms with E-state index < -0.39 is 29.4 Å². The molecule has 22 heteroatoms. The minimum absolute atomic E-state index is 0.118. The summed E-state index contributed by atoms with van der Waals surface area (Å²) in [5.74, 6) is -0.711. The van der Waals surface area contributed by atoms with Crippen molar-refractivity contribution in [1.82, 2.24) is 53.5 Å². The predicted molar refractivity (Wildman–Crippen MR) is 257 cm³/mol. The first kappa shape index (κ1) is 49.2. The van der Waals surface area contributed by atoms with Crippen LogP contribution in [0.25, 0.3) is 44.6 Å². The fourth-order valence-corrected chi connectivity index (χ4v) is 7.56. The van der Waals surface area contributed by atoms with Crippen LogP contribution >= 0.6 is 0 Å². The number of ether oxygens (including phenoxy) is 4. The molecule has 7 rings (SSSR count). The highest BCUT2D eigenvalue weighted by Crippen LogP contribution is 2.36. The summed E-state index contributed by atoms with van der Waals surface area (Å²) < 4.78 is 30.4. The van der Waals surface area contributed by atoms with Gasteiger partial charge < -0.3 is 39.9 Å². The molecular formula is C47H58N14O8. The normalized spacial score (nSPS) is 11.9. The molecular weight excluding hydrogens is 889 g/mol. The number of benzene rings is 1. The number of fused-ring (bicyclic) bond motifs is 4. The maximum Gasteiger partial charge on any atom is 0.410 e. The molecule has 6 aromatic heterocycles. The molecule has 0 atom stereocenters. The van der Waals surface area contributed by atoms with Crippen molar-refractivity contribution < 1.29 is 38.1 Å². The van der Waals surface area contributed by atoms with Crippen molar-refractivity contribution in [2.45, 2.75) is 80.2 Å². The van der Waals surface area contributed by atoms with Crippen LogP contribution in [-0.4, -0.2) is 130 Å². The molecule has 1 aromatic carbocycles. The molecule has 0 aliphatic heterocycles. The fourth-order valence-electron chi connectivity index (χ4n) is 7.56. The number of nitrogens with one attached hydrogen (secondary N) is 1. The second-order valence-corrected chi connectivity index (χ2v) is 17.1. The van der Waals surface area contributed by atoms with Crippen molar-refractivity contribution in [3.63, 3.8) is 0 Å². The highest BCUT2D eigenvalue weighted by Gasteiger charge is 2.23. The Morgan fingerprint density at radius 2 is 1.42 bits per heavy atom. The molecule has 0 bridgehead atoms. The molecule has 0 radical (unpaired) electrons. The van der Waals surface area contributed by atoms with Crippen LogP contribution in [0.3, 0.4) is 0 Å². The Hall–Kier alpha value is -7.72. The molecule has 364 valence electrons. The third kappa shape index (κ3) is 11.4. The number of aryl methyl sites for hydroxylation is 4. The van der Waals surface area contributed by atoms with Gasteiger partial charge in [-0.1, -0.05) is 12.2 Å². The summed E-state index contributed by atoms with van der Waals surface area (Å²) in [6.45, 7) is 16.1. The van der Waals surface area contributed by atoms with Gasteiger partial charge in [-0.2, -0.15) is 10.2 Å². The molecule has 0 saturated carbocycles. The van der Waals surface area contributed by atoms with Crippen LogP contribution in [0.1, 0.15) is 77.2 Å². The Labute approximate surface area is 397 Å². The van der Waals surface area contributed by atoms with Gasteiger partial charge in [0.15, 0.2) is 11.5 Å². The van der Waals surface area contributed by atoms with E-state index in [0.717, 1.165) is 11.4 Å². The van der Waals surface area contributed by atoms with Crippen molar-refractivity contribution in [3.8, 4) is 17.3 Å². The molecule has 0 spiro atoms. The topological polar surface area (TPSA) is 270 Å². The van der Waals surface area contributed by atoms with Gasteiger partial charge in [-0.05, 0) is 78.8 Å². The zero-order chi connectivity index (χ0) is 49.6. The van der Waals surface area contributed by atoms with Crippen molar-refractivity contribution >= 4 is 62.9 Å². The Bertz CT molecular complexity index is 3070. The number of aromatic nitrogens is 10. The third-order valence-electron chi connectivity index (χ3n) is 10.8. The Kier molecular flexibility index (Phi) is 15.0. The number of rotatable bonds is 21. The number of nitrogens with zero attached hydrogens (tertiary/aromatic N) is 11. The molecule has 6 heterocycles. The summed E-state index contributed by atoms with van der Waals surface area (Å²) in [6.07, 6.45) is 6.47. The number of imidazole rings is 1. The lowest BCUT2D eigenvalue weighted by Gasteiger charge is -2.24. The second-order valence-electron chi connectivity index (χ2n) is 17.1. The first-order chi connectivity index (χ1) is 33.0. The Balaban J connectivity index is 1.16. The molecule has 0 unspecified atom stereocenters. The minimum atomic E-state index is -0.666. The quantitative estimate of drug-likeness (QED) is 0.0630. The van der Waals surface area contributed by atoms with E-state index >= 15 is 0 Å². The van der Waals surface area contributed by atoms with Crippen molar-refractivity contribution in [2.75, 3.05) is 51.9 Å². The molecule has 0 fully saturated rings. The smallest absolute Gasteiger partial charge is 0.410 e. The highest BCUT2D eigenvalue weighted by atomic mass is 16.6. The van der Waals surface area contributed by atoms with Gasteiger partial charge in [0, 0.05) is 68.5 Å². The van der Waals surface area contributed by atoms with Gasteiger partial charge in [0.2, 0.25) is 17.8 Å². The van der Waals surface area contributed by atoms with Gasteiger partial charge in [0.25, 0.3) is 5.91 Å². The number of hydrogen-bond donors (Lipinski definition) is 3. The lowest BCUT2D eigenvalue weighted by Crippen LogP contribution is -2.36. The van der Waals surface area contributed by atoms with Crippen LogP contribution in [-0.2, 0) is 40.4 Å². The van der Waals surface area contributed by atoms with E-state index in [1.165, 1.54) is 17.2 Å². The van der Waals surface area contributed by atoms with Crippen LogP contribution in [0, 0.1) is 13.8 Å². The lowest BCUT2D eigenvalue weighted by molar-refractivity contribution is 0.0134. The van der Waals surface area contributed by atoms with Crippen LogP contribution in [0.15, 0.2) is 54.9 Å².